The number of para-hydroxylation sites is 1. The summed E-state index contributed by atoms with van der Waals surface area (Å²) in [5.41, 5.74) is 0.408. The van der Waals surface area contributed by atoms with Gasteiger partial charge in [-0.2, -0.15) is 5.26 Å². The largest absolute Gasteiger partial charge is 0.379 e. The zero-order chi connectivity index (χ0) is 15.0. The molecule has 5 nitrogen and oxygen atoms in total. The zero-order valence-electron chi connectivity index (χ0n) is 12.1. The van der Waals surface area contributed by atoms with E-state index >= 15 is 0 Å². The van der Waals surface area contributed by atoms with Crippen molar-refractivity contribution in [1.82, 2.24) is 0 Å². The second-order valence-electron chi connectivity index (χ2n) is 4.87. The normalized spacial score (nSPS) is 11.7. The standard InChI is InChI=1S/C15H21N3O2/c1-3-5-7-12(4-2)11-17-14-9-6-8-13(10-16)15(14)18(19)20/h6,8-9,12,17H,3-5,7,11H2,1-2H3. The van der Waals surface area contributed by atoms with Crippen molar-refractivity contribution < 1.29 is 4.92 Å². The molecule has 20 heavy (non-hydrogen) atoms. The van der Waals surface area contributed by atoms with Crippen LogP contribution < -0.4 is 5.32 Å². The maximum Gasteiger partial charge on any atom is 0.309 e. The Morgan fingerprint density at radius 1 is 1.45 bits per heavy atom. The number of nitro groups is 1. The van der Waals surface area contributed by atoms with Gasteiger partial charge in [0.25, 0.3) is 0 Å². The average Bonchev–Trinajstić information content (AvgIpc) is 2.46. The molecule has 0 radical (unpaired) electrons. The summed E-state index contributed by atoms with van der Waals surface area (Å²) in [5, 5.41) is 23.2. The van der Waals surface area contributed by atoms with E-state index in [1.54, 1.807) is 12.1 Å². The fourth-order valence-electron chi connectivity index (χ4n) is 2.17. The lowest BCUT2D eigenvalue weighted by Crippen LogP contribution is -2.14. The molecule has 0 amide bonds. The number of anilines is 1. The summed E-state index contributed by atoms with van der Waals surface area (Å²) in [6, 6.07) is 6.67. The Bertz CT molecular complexity index is 494. The summed E-state index contributed by atoms with van der Waals surface area (Å²) >= 11 is 0. The van der Waals surface area contributed by atoms with Crippen molar-refractivity contribution in [2.24, 2.45) is 5.92 Å². The molecule has 0 aliphatic heterocycles. The summed E-state index contributed by atoms with van der Waals surface area (Å²) in [7, 11) is 0. The molecule has 0 heterocycles. The van der Waals surface area contributed by atoms with E-state index in [2.05, 4.69) is 19.2 Å². The van der Waals surface area contributed by atoms with Crippen LogP contribution in [-0.2, 0) is 0 Å². The molecule has 0 aliphatic carbocycles. The fourth-order valence-corrected chi connectivity index (χ4v) is 2.17. The molecule has 1 rings (SSSR count). The Labute approximate surface area is 119 Å². The van der Waals surface area contributed by atoms with Crippen molar-refractivity contribution in [3.8, 4) is 6.07 Å². The van der Waals surface area contributed by atoms with Gasteiger partial charge >= 0.3 is 5.69 Å². The summed E-state index contributed by atoms with van der Waals surface area (Å²) in [4.78, 5) is 10.6. The lowest BCUT2D eigenvalue weighted by molar-refractivity contribution is -0.384. The molecule has 5 heteroatoms. The van der Waals surface area contributed by atoms with Gasteiger partial charge in [0.05, 0.1) is 4.92 Å². The van der Waals surface area contributed by atoms with E-state index in [4.69, 9.17) is 5.26 Å². The van der Waals surface area contributed by atoms with E-state index in [-0.39, 0.29) is 11.3 Å². The van der Waals surface area contributed by atoms with Crippen LogP contribution in [0.25, 0.3) is 0 Å². The van der Waals surface area contributed by atoms with Gasteiger partial charge < -0.3 is 5.32 Å². The molecule has 0 saturated carbocycles. The smallest absolute Gasteiger partial charge is 0.309 e. The third-order valence-electron chi connectivity index (χ3n) is 3.46. The van der Waals surface area contributed by atoms with Crippen molar-refractivity contribution in [2.75, 3.05) is 11.9 Å². The van der Waals surface area contributed by atoms with Gasteiger partial charge in [-0.05, 0) is 24.5 Å². The van der Waals surface area contributed by atoms with E-state index in [1.807, 2.05) is 6.07 Å². The van der Waals surface area contributed by atoms with Gasteiger partial charge in [0.1, 0.15) is 17.3 Å². The summed E-state index contributed by atoms with van der Waals surface area (Å²) < 4.78 is 0. The van der Waals surface area contributed by atoms with Gasteiger partial charge in [-0.15, -0.1) is 0 Å². The first kappa shape index (κ1) is 16.0. The van der Waals surface area contributed by atoms with Crippen LogP contribution in [0.2, 0.25) is 0 Å². The van der Waals surface area contributed by atoms with Crippen LogP contribution in [0.15, 0.2) is 18.2 Å². The maximum atomic E-state index is 11.1. The Balaban J connectivity index is 2.82. The van der Waals surface area contributed by atoms with Gasteiger partial charge in [-0.25, -0.2) is 0 Å². The van der Waals surface area contributed by atoms with Crippen molar-refractivity contribution in [1.29, 1.82) is 5.26 Å². The van der Waals surface area contributed by atoms with Crippen LogP contribution in [0, 0.1) is 27.4 Å². The summed E-state index contributed by atoms with van der Waals surface area (Å²) in [6.07, 6.45) is 4.48. The Morgan fingerprint density at radius 3 is 2.75 bits per heavy atom. The number of unbranched alkanes of at least 4 members (excludes halogenated alkanes) is 1. The summed E-state index contributed by atoms with van der Waals surface area (Å²) in [5.74, 6) is 0.500. The van der Waals surface area contributed by atoms with Crippen LogP contribution in [0.1, 0.15) is 45.1 Å². The molecule has 0 aliphatic rings. The molecule has 1 N–H and O–H groups in total. The van der Waals surface area contributed by atoms with E-state index in [1.165, 1.54) is 12.5 Å². The molecule has 108 valence electrons. The number of nitrogens with zero attached hydrogens (tertiary/aromatic N) is 2. The number of rotatable bonds is 8. The number of hydrogen-bond acceptors (Lipinski definition) is 4. The Morgan fingerprint density at radius 2 is 2.20 bits per heavy atom. The molecule has 0 fully saturated rings. The van der Waals surface area contributed by atoms with Gasteiger partial charge in [0.2, 0.25) is 0 Å². The van der Waals surface area contributed by atoms with Crippen molar-refractivity contribution in [3.63, 3.8) is 0 Å². The van der Waals surface area contributed by atoms with Crippen LogP contribution in [-0.4, -0.2) is 11.5 Å². The molecule has 0 aromatic heterocycles. The van der Waals surface area contributed by atoms with E-state index in [0.717, 1.165) is 19.3 Å². The van der Waals surface area contributed by atoms with E-state index in [0.29, 0.717) is 18.2 Å². The molecule has 0 saturated heterocycles. The number of hydrogen-bond donors (Lipinski definition) is 1. The van der Waals surface area contributed by atoms with Crippen LogP contribution in [0.5, 0.6) is 0 Å². The highest BCUT2D eigenvalue weighted by Gasteiger charge is 2.19. The quantitative estimate of drug-likeness (QED) is 0.572. The predicted molar refractivity (Wildman–Crippen MR) is 79.6 cm³/mol. The van der Waals surface area contributed by atoms with Gasteiger partial charge in [-0.3, -0.25) is 10.1 Å². The molecular weight excluding hydrogens is 254 g/mol. The van der Waals surface area contributed by atoms with Gasteiger partial charge in [-0.1, -0.05) is 39.2 Å². The van der Waals surface area contributed by atoms with Crippen LogP contribution in [0.4, 0.5) is 11.4 Å². The van der Waals surface area contributed by atoms with Crippen LogP contribution in [0.3, 0.4) is 0 Å². The predicted octanol–water partition coefficient (Wildman–Crippen LogP) is 4.09. The summed E-state index contributed by atoms with van der Waals surface area (Å²) in [6.45, 7) is 4.98. The SMILES string of the molecule is CCCCC(CC)CNc1cccc(C#N)c1[N+](=O)[O-]. The average molecular weight is 275 g/mol. The van der Waals surface area contributed by atoms with E-state index in [9.17, 15) is 10.1 Å². The molecule has 1 unspecified atom stereocenters. The van der Waals surface area contributed by atoms with Crippen molar-refractivity contribution >= 4 is 11.4 Å². The highest BCUT2D eigenvalue weighted by molar-refractivity contribution is 5.68. The third kappa shape index (κ3) is 4.23. The lowest BCUT2D eigenvalue weighted by Gasteiger charge is -2.16. The zero-order valence-corrected chi connectivity index (χ0v) is 12.1. The second-order valence-corrected chi connectivity index (χ2v) is 4.87. The van der Waals surface area contributed by atoms with Gasteiger partial charge in [0, 0.05) is 6.54 Å². The van der Waals surface area contributed by atoms with Crippen molar-refractivity contribution in [2.45, 2.75) is 39.5 Å². The number of nitriles is 1. The maximum absolute atomic E-state index is 11.1. The molecule has 1 aromatic rings. The lowest BCUT2D eigenvalue weighted by atomic mass is 9.99. The molecule has 0 spiro atoms. The fraction of sp³-hybridized carbons (Fsp3) is 0.533. The van der Waals surface area contributed by atoms with Crippen molar-refractivity contribution in [3.05, 3.63) is 33.9 Å². The third-order valence-corrected chi connectivity index (χ3v) is 3.46. The second kappa shape index (κ2) is 8.16. The first-order chi connectivity index (χ1) is 9.63. The van der Waals surface area contributed by atoms with Crippen LogP contribution >= 0.6 is 0 Å². The van der Waals surface area contributed by atoms with Gasteiger partial charge in [0.15, 0.2) is 0 Å². The molecular formula is C15H21N3O2. The highest BCUT2D eigenvalue weighted by atomic mass is 16.6. The monoisotopic (exact) mass is 275 g/mol. The number of nitro benzene ring substituents is 1. The topological polar surface area (TPSA) is 79.0 Å². The number of nitrogens with one attached hydrogen (secondary N) is 1. The highest BCUT2D eigenvalue weighted by Crippen LogP contribution is 2.28. The first-order valence-corrected chi connectivity index (χ1v) is 7.05. The van der Waals surface area contributed by atoms with E-state index < -0.39 is 4.92 Å². The molecule has 1 aromatic carbocycles. The molecule has 0 bridgehead atoms. The Kier molecular flexibility index (Phi) is 6.51. The minimum Gasteiger partial charge on any atom is -0.379 e. The minimum atomic E-state index is -0.492. The first-order valence-electron chi connectivity index (χ1n) is 7.05. The number of benzene rings is 1. The minimum absolute atomic E-state index is 0.0987. The Hall–Kier alpha value is -2.09. The molecule has 1 atom stereocenters.